The first-order chi connectivity index (χ1) is 17.6. The van der Waals surface area contributed by atoms with E-state index in [4.69, 9.17) is 4.74 Å². The third-order valence-electron chi connectivity index (χ3n) is 5.46. The van der Waals surface area contributed by atoms with Crippen molar-refractivity contribution >= 4 is 72.4 Å². The van der Waals surface area contributed by atoms with Gasteiger partial charge in [0.2, 0.25) is 5.91 Å². The van der Waals surface area contributed by atoms with Crippen molar-refractivity contribution in [1.82, 2.24) is 4.90 Å². The molecule has 3 aromatic carbocycles. The topological polar surface area (TPSA) is 75.7 Å². The molecule has 190 valence electrons. The van der Waals surface area contributed by atoms with Crippen molar-refractivity contribution in [3.8, 4) is 5.75 Å². The molecule has 4 rings (SSSR count). The van der Waals surface area contributed by atoms with Gasteiger partial charge in [0, 0.05) is 5.69 Å². The van der Waals surface area contributed by atoms with E-state index in [1.807, 2.05) is 32.0 Å². The summed E-state index contributed by atoms with van der Waals surface area (Å²) in [5.74, 6) is -0.764. The lowest BCUT2D eigenvalue weighted by Crippen LogP contribution is -2.36. The van der Waals surface area contributed by atoms with Crippen molar-refractivity contribution in [2.24, 2.45) is 0 Å². The zero-order valence-corrected chi connectivity index (χ0v) is 23.8. The van der Waals surface area contributed by atoms with E-state index in [2.05, 4.69) is 37.2 Å². The average molecular weight is 648 g/mol. The third-order valence-corrected chi connectivity index (χ3v) is 7.54. The predicted octanol–water partition coefficient (Wildman–Crippen LogP) is 7.22. The van der Waals surface area contributed by atoms with Crippen LogP contribution in [-0.4, -0.2) is 28.5 Å². The molecule has 3 amide bonds. The molecule has 1 N–H and O–H groups in total. The molecule has 10 heteroatoms. The third kappa shape index (κ3) is 6.68. The molecule has 0 spiro atoms. The lowest BCUT2D eigenvalue weighted by Gasteiger charge is -2.14. The Morgan fingerprint density at radius 2 is 1.73 bits per heavy atom. The van der Waals surface area contributed by atoms with Crippen LogP contribution in [0, 0.1) is 19.7 Å². The predicted molar refractivity (Wildman–Crippen MR) is 150 cm³/mol. The van der Waals surface area contributed by atoms with Crippen LogP contribution in [0.2, 0.25) is 0 Å². The standard InChI is InChI=1S/C27H21Br2FN2O4S/c1-15-3-4-16(2)22(9-15)31-24(33)13-32-26(34)23(37-27(32)35)12-18-10-20(28)25(21(29)11-18)36-14-17-5-7-19(30)8-6-17/h3-12H,13-14H2,1-2H3,(H,31,33)/b23-12+. The van der Waals surface area contributed by atoms with Crippen molar-refractivity contribution in [3.63, 3.8) is 0 Å². The number of carbonyl (C=O) groups is 3. The van der Waals surface area contributed by atoms with Gasteiger partial charge < -0.3 is 10.1 Å². The van der Waals surface area contributed by atoms with Crippen LogP contribution in [0.3, 0.4) is 0 Å². The maximum Gasteiger partial charge on any atom is 0.294 e. The first-order valence-electron chi connectivity index (χ1n) is 11.1. The maximum absolute atomic E-state index is 13.1. The number of carbonyl (C=O) groups excluding carboxylic acids is 3. The van der Waals surface area contributed by atoms with Gasteiger partial charge in [-0.1, -0.05) is 24.3 Å². The van der Waals surface area contributed by atoms with Gasteiger partial charge in [-0.2, -0.15) is 0 Å². The molecule has 0 atom stereocenters. The Bertz CT molecular complexity index is 1400. The second-order valence-electron chi connectivity index (χ2n) is 8.36. The summed E-state index contributed by atoms with van der Waals surface area (Å²) in [7, 11) is 0. The first-order valence-corrected chi connectivity index (χ1v) is 13.5. The van der Waals surface area contributed by atoms with E-state index >= 15 is 0 Å². The zero-order chi connectivity index (χ0) is 26.7. The molecule has 37 heavy (non-hydrogen) atoms. The summed E-state index contributed by atoms with van der Waals surface area (Å²) in [4.78, 5) is 39.1. The van der Waals surface area contributed by atoms with Gasteiger partial charge in [-0.05, 0) is 116 Å². The number of aryl methyl sites for hydroxylation is 2. The van der Waals surface area contributed by atoms with Crippen molar-refractivity contribution in [2.75, 3.05) is 11.9 Å². The Balaban J connectivity index is 1.44. The largest absolute Gasteiger partial charge is 0.487 e. The average Bonchev–Trinajstić information content (AvgIpc) is 3.09. The van der Waals surface area contributed by atoms with Crippen molar-refractivity contribution in [2.45, 2.75) is 20.5 Å². The number of rotatable bonds is 7. The van der Waals surface area contributed by atoms with Gasteiger partial charge in [-0.3, -0.25) is 19.3 Å². The number of amides is 3. The molecule has 0 aromatic heterocycles. The smallest absolute Gasteiger partial charge is 0.294 e. The molecule has 1 fully saturated rings. The number of hydrogen-bond acceptors (Lipinski definition) is 5. The van der Waals surface area contributed by atoms with Crippen LogP contribution in [0.5, 0.6) is 5.75 Å². The lowest BCUT2D eigenvalue weighted by molar-refractivity contribution is -0.127. The van der Waals surface area contributed by atoms with Crippen LogP contribution in [0.1, 0.15) is 22.3 Å². The second kappa shape index (κ2) is 11.6. The molecule has 0 saturated carbocycles. The summed E-state index contributed by atoms with van der Waals surface area (Å²) >= 11 is 7.74. The Hall–Kier alpha value is -2.95. The van der Waals surface area contributed by atoms with Crippen LogP contribution >= 0.6 is 43.6 Å². The molecule has 6 nitrogen and oxygen atoms in total. The summed E-state index contributed by atoms with van der Waals surface area (Å²) in [5.41, 5.74) is 3.97. The van der Waals surface area contributed by atoms with Crippen LogP contribution in [0.15, 0.2) is 68.4 Å². The van der Waals surface area contributed by atoms with Gasteiger partial charge in [0.1, 0.15) is 24.7 Å². The molecule has 0 aliphatic carbocycles. The number of thioether (sulfide) groups is 1. The van der Waals surface area contributed by atoms with E-state index in [-0.39, 0.29) is 23.9 Å². The molecule has 0 bridgehead atoms. The van der Waals surface area contributed by atoms with E-state index in [1.54, 1.807) is 30.3 Å². The Kier molecular flexibility index (Phi) is 8.51. The number of benzene rings is 3. The summed E-state index contributed by atoms with van der Waals surface area (Å²) < 4.78 is 20.2. The van der Waals surface area contributed by atoms with Crippen LogP contribution < -0.4 is 10.1 Å². The number of halogens is 3. The number of ether oxygens (including phenoxy) is 1. The lowest BCUT2D eigenvalue weighted by atomic mass is 10.1. The Morgan fingerprint density at radius 1 is 1.05 bits per heavy atom. The Morgan fingerprint density at radius 3 is 2.41 bits per heavy atom. The SMILES string of the molecule is Cc1ccc(C)c(NC(=O)CN2C(=O)S/C(=C/c3cc(Br)c(OCc4ccc(F)cc4)c(Br)c3)C2=O)c1. The fourth-order valence-corrected chi connectivity index (χ4v) is 5.82. The van der Waals surface area contributed by atoms with Crippen molar-refractivity contribution in [1.29, 1.82) is 0 Å². The van der Waals surface area contributed by atoms with Gasteiger partial charge in [-0.25, -0.2) is 4.39 Å². The highest BCUT2D eigenvalue weighted by Gasteiger charge is 2.36. The van der Waals surface area contributed by atoms with Gasteiger partial charge in [0.25, 0.3) is 11.1 Å². The van der Waals surface area contributed by atoms with Gasteiger partial charge >= 0.3 is 0 Å². The van der Waals surface area contributed by atoms with E-state index in [1.165, 1.54) is 12.1 Å². The van der Waals surface area contributed by atoms with E-state index in [0.29, 0.717) is 25.9 Å². The minimum absolute atomic E-state index is 0.211. The zero-order valence-electron chi connectivity index (χ0n) is 19.8. The number of anilines is 1. The highest BCUT2D eigenvalue weighted by Crippen LogP contribution is 2.38. The minimum atomic E-state index is -0.532. The van der Waals surface area contributed by atoms with Gasteiger partial charge in [0.05, 0.1) is 13.9 Å². The molecule has 0 radical (unpaired) electrons. The molecule has 3 aromatic rings. The number of imide groups is 1. The fourth-order valence-electron chi connectivity index (χ4n) is 3.53. The quantitative estimate of drug-likeness (QED) is 0.274. The Labute approximate surface area is 234 Å². The molecular weight excluding hydrogens is 627 g/mol. The van der Waals surface area contributed by atoms with Crippen molar-refractivity contribution < 1.29 is 23.5 Å². The highest BCUT2D eigenvalue weighted by molar-refractivity contribution is 9.11. The van der Waals surface area contributed by atoms with Crippen molar-refractivity contribution in [3.05, 3.63) is 96.5 Å². The van der Waals surface area contributed by atoms with Gasteiger partial charge in [-0.15, -0.1) is 0 Å². The van der Waals surface area contributed by atoms with Crippen LogP contribution in [0.4, 0.5) is 14.9 Å². The monoisotopic (exact) mass is 646 g/mol. The summed E-state index contributed by atoms with van der Waals surface area (Å²) in [6, 6.07) is 15.2. The second-order valence-corrected chi connectivity index (χ2v) is 11.1. The molecule has 1 aliphatic heterocycles. The molecular formula is C27H21Br2FN2O4S. The highest BCUT2D eigenvalue weighted by atomic mass is 79.9. The number of nitrogens with zero attached hydrogens (tertiary/aromatic N) is 1. The van der Waals surface area contributed by atoms with Crippen LogP contribution in [-0.2, 0) is 16.2 Å². The first kappa shape index (κ1) is 27.1. The number of nitrogens with one attached hydrogen (secondary N) is 1. The minimum Gasteiger partial charge on any atom is -0.487 e. The van der Waals surface area contributed by atoms with E-state index < -0.39 is 17.1 Å². The molecule has 0 unspecified atom stereocenters. The van der Waals surface area contributed by atoms with E-state index in [0.717, 1.165) is 33.4 Å². The van der Waals surface area contributed by atoms with E-state index in [9.17, 15) is 18.8 Å². The fraction of sp³-hybridized carbons (Fsp3) is 0.148. The maximum atomic E-state index is 13.1. The normalized spacial score (nSPS) is 14.4. The molecule has 1 heterocycles. The number of hydrogen-bond donors (Lipinski definition) is 1. The van der Waals surface area contributed by atoms with Crippen LogP contribution in [0.25, 0.3) is 6.08 Å². The molecule has 1 saturated heterocycles. The van der Waals surface area contributed by atoms with Gasteiger partial charge in [0.15, 0.2) is 0 Å². The summed E-state index contributed by atoms with van der Waals surface area (Å²) in [5, 5.41) is 2.26. The summed E-state index contributed by atoms with van der Waals surface area (Å²) in [6.07, 6.45) is 1.59. The summed E-state index contributed by atoms with van der Waals surface area (Å²) in [6.45, 7) is 3.64. The molecule has 1 aliphatic rings.